The van der Waals surface area contributed by atoms with Gasteiger partial charge in [-0.2, -0.15) is 0 Å². The Morgan fingerprint density at radius 2 is 1.64 bits per heavy atom. The van der Waals surface area contributed by atoms with Crippen LogP contribution in [-0.2, 0) is 33.3 Å². The van der Waals surface area contributed by atoms with Gasteiger partial charge in [-0.15, -0.1) is 0 Å². The lowest BCUT2D eigenvalue weighted by molar-refractivity contribution is -0.417. The molecule has 1 aromatic heterocycles. The third kappa shape index (κ3) is 3.74. The van der Waals surface area contributed by atoms with Crippen LogP contribution < -0.4 is 0 Å². The lowest BCUT2D eigenvalue weighted by Gasteiger charge is -2.78. The van der Waals surface area contributed by atoms with E-state index in [0.29, 0.717) is 37.9 Å². The first-order chi connectivity index (χ1) is 20.6. The second kappa shape index (κ2) is 10.0. The number of aliphatic hydroxyl groups excluding tert-OH is 1. The maximum atomic E-state index is 13.5. The van der Waals surface area contributed by atoms with E-state index in [0.717, 1.165) is 11.1 Å². The van der Waals surface area contributed by atoms with E-state index >= 15 is 0 Å². The first-order valence-corrected chi connectivity index (χ1v) is 15.8. The molecule has 9 nitrogen and oxygen atoms in total. The zero-order chi connectivity index (χ0) is 32.0. The molecule has 4 fully saturated rings. The molecule has 1 aliphatic heterocycles. The van der Waals surface area contributed by atoms with Crippen LogP contribution in [-0.4, -0.2) is 59.6 Å². The number of hydrogen-bond acceptors (Lipinski definition) is 9. The van der Waals surface area contributed by atoms with Crippen LogP contribution >= 0.6 is 0 Å². The van der Waals surface area contributed by atoms with Crippen molar-refractivity contribution < 1.29 is 42.9 Å². The van der Waals surface area contributed by atoms with Crippen molar-refractivity contribution in [3.63, 3.8) is 0 Å². The standard InChI is InChI=1S/C35H46O9/c1-9-19(2)30(39)44-29-16-35-31(5,18-41-35)27(42-20(3)36)15-28(43-21(4)37)34(35,8)25-14-26(38)32(6)23(22-12-13-40-17-22)10-11-24(32)33(25,29)7/h9,11-13,17,23,25-29,38H,10,14-16,18H2,1-8H3/b19-9+/t23-,25-,26+,27+,28-,29-,31+,32-,33-,34-,35+/m0/s1. The largest absolute Gasteiger partial charge is 0.472 e. The van der Waals surface area contributed by atoms with E-state index in [1.54, 1.807) is 32.4 Å². The third-order valence-electron chi connectivity index (χ3n) is 13.0. The Hall–Kier alpha value is -2.91. The molecular formula is C35H46O9. The van der Waals surface area contributed by atoms with Crippen LogP contribution in [0.5, 0.6) is 0 Å². The summed E-state index contributed by atoms with van der Waals surface area (Å²) in [6, 6.07) is 1.96. The summed E-state index contributed by atoms with van der Waals surface area (Å²) < 4.78 is 30.7. The average Bonchev–Trinajstić information content (AvgIpc) is 3.61. The van der Waals surface area contributed by atoms with Crippen LogP contribution in [0, 0.1) is 27.6 Å². The van der Waals surface area contributed by atoms with Crippen molar-refractivity contribution in [3.8, 4) is 0 Å². The predicted octanol–water partition coefficient (Wildman–Crippen LogP) is 5.42. The SMILES string of the molecule is C/C=C(\C)C(=O)O[C@H]1C[C@@]23OC[C@]2(C)[C@H](OC(C)=O)C[C@H](OC(C)=O)[C@]3(C)[C@H]2C[C@@H](O)[C@]3(C)C(=CC[C@H]3c3ccoc3)[C@]12C. The Kier molecular flexibility index (Phi) is 7.10. The molecule has 1 aromatic rings. The van der Waals surface area contributed by atoms with Gasteiger partial charge in [0, 0.05) is 54.4 Å². The number of allylic oxidation sites excluding steroid dienone is 2. The second-order valence-electron chi connectivity index (χ2n) is 14.6. The van der Waals surface area contributed by atoms with Crippen molar-refractivity contribution in [2.45, 2.75) is 117 Å². The Morgan fingerprint density at radius 3 is 2.20 bits per heavy atom. The highest BCUT2D eigenvalue weighted by molar-refractivity contribution is 5.87. The van der Waals surface area contributed by atoms with Crippen molar-refractivity contribution in [3.05, 3.63) is 47.5 Å². The zero-order valence-electron chi connectivity index (χ0n) is 27.1. The molecule has 0 radical (unpaired) electrons. The number of furan rings is 1. The van der Waals surface area contributed by atoms with E-state index < -0.39 is 69.6 Å². The fourth-order valence-electron chi connectivity index (χ4n) is 10.5. The van der Waals surface area contributed by atoms with E-state index in [-0.39, 0.29) is 11.8 Å². The summed E-state index contributed by atoms with van der Waals surface area (Å²) in [5.41, 5.74) is -1.22. The fourth-order valence-corrected chi connectivity index (χ4v) is 10.5. The number of carbonyl (C=O) groups is 3. The van der Waals surface area contributed by atoms with Gasteiger partial charge in [-0.25, -0.2) is 4.79 Å². The van der Waals surface area contributed by atoms with Gasteiger partial charge < -0.3 is 28.5 Å². The highest BCUT2D eigenvalue weighted by Gasteiger charge is 2.83. The lowest BCUT2D eigenvalue weighted by Crippen LogP contribution is -2.85. The van der Waals surface area contributed by atoms with E-state index in [1.165, 1.54) is 13.8 Å². The number of ether oxygens (including phenoxy) is 4. The summed E-state index contributed by atoms with van der Waals surface area (Å²) in [4.78, 5) is 38.5. The van der Waals surface area contributed by atoms with Gasteiger partial charge in [-0.05, 0) is 44.2 Å². The number of rotatable bonds is 5. The summed E-state index contributed by atoms with van der Waals surface area (Å²) in [5, 5.41) is 12.2. The highest BCUT2D eigenvalue weighted by Crippen LogP contribution is 2.78. The summed E-state index contributed by atoms with van der Waals surface area (Å²) in [6.45, 7) is 15.1. The number of carbonyl (C=O) groups excluding carboxylic acids is 3. The molecule has 1 N–H and O–H groups in total. The smallest absolute Gasteiger partial charge is 0.333 e. The van der Waals surface area contributed by atoms with Gasteiger partial charge >= 0.3 is 17.9 Å². The van der Waals surface area contributed by atoms with Crippen molar-refractivity contribution in [2.75, 3.05) is 6.61 Å². The lowest BCUT2D eigenvalue weighted by atomic mass is 9.33. The Morgan fingerprint density at radius 1 is 0.955 bits per heavy atom. The summed E-state index contributed by atoms with van der Waals surface area (Å²) in [5.74, 6) is -1.58. The molecule has 240 valence electrons. The molecule has 2 heterocycles. The average molecular weight is 611 g/mol. The molecule has 4 aliphatic carbocycles. The Balaban J connectivity index is 1.55. The molecule has 44 heavy (non-hydrogen) atoms. The molecule has 0 unspecified atom stereocenters. The molecule has 9 heteroatoms. The van der Waals surface area contributed by atoms with Crippen molar-refractivity contribution >= 4 is 17.9 Å². The first kappa shape index (κ1) is 31.1. The molecule has 6 rings (SSSR count). The minimum absolute atomic E-state index is 0.0180. The van der Waals surface area contributed by atoms with Crippen LogP contribution in [0.2, 0.25) is 0 Å². The molecule has 0 amide bonds. The zero-order valence-corrected chi connectivity index (χ0v) is 27.1. The van der Waals surface area contributed by atoms with Crippen LogP contribution in [0.4, 0.5) is 0 Å². The van der Waals surface area contributed by atoms with Gasteiger partial charge in [0.25, 0.3) is 0 Å². The van der Waals surface area contributed by atoms with E-state index in [2.05, 4.69) is 33.8 Å². The Labute approximate surface area is 259 Å². The maximum Gasteiger partial charge on any atom is 0.333 e. The molecule has 1 spiro atoms. The van der Waals surface area contributed by atoms with Crippen molar-refractivity contribution in [1.82, 2.24) is 0 Å². The van der Waals surface area contributed by atoms with Gasteiger partial charge in [-0.3, -0.25) is 9.59 Å². The first-order valence-electron chi connectivity index (χ1n) is 15.8. The predicted molar refractivity (Wildman–Crippen MR) is 159 cm³/mol. The highest BCUT2D eigenvalue weighted by atomic mass is 16.6. The van der Waals surface area contributed by atoms with Crippen LogP contribution in [0.25, 0.3) is 0 Å². The van der Waals surface area contributed by atoms with Gasteiger partial charge in [0.2, 0.25) is 0 Å². The third-order valence-corrected chi connectivity index (χ3v) is 13.0. The molecule has 5 aliphatic rings. The number of fused-ring (bicyclic) bond motifs is 4. The van der Waals surface area contributed by atoms with Crippen molar-refractivity contribution in [2.24, 2.45) is 27.6 Å². The maximum absolute atomic E-state index is 13.5. The van der Waals surface area contributed by atoms with Crippen LogP contribution in [0.15, 0.2) is 46.3 Å². The molecule has 0 aromatic carbocycles. The van der Waals surface area contributed by atoms with Gasteiger partial charge in [0.05, 0.1) is 36.3 Å². The van der Waals surface area contributed by atoms with Crippen LogP contribution in [0.3, 0.4) is 0 Å². The number of esters is 3. The van der Waals surface area contributed by atoms with Gasteiger partial charge in [0.1, 0.15) is 18.3 Å². The molecule has 0 bridgehead atoms. The van der Waals surface area contributed by atoms with E-state index in [4.69, 9.17) is 23.4 Å². The molecule has 11 atom stereocenters. The molecule has 1 saturated heterocycles. The minimum atomic E-state index is -0.964. The fraction of sp³-hybridized carbons (Fsp3) is 0.686. The van der Waals surface area contributed by atoms with Gasteiger partial charge in [-0.1, -0.05) is 45.4 Å². The summed E-state index contributed by atoms with van der Waals surface area (Å²) >= 11 is 0. The minimum Gasteiger partial charge on any atom is -0.472 e. The van der Waals surface area contributed by atoms with Crippen LogP contribution in [0.1, 0.15) is 92.6 Å². The summed E-state index contributed by atoms with van der Waals surface area (Å²) in [7, 11) is 0. The Bertz CT molecular complexity index is 1430. The van der Waals surface area contributed by atoms with E-state index in [1.807, 2.05) is 6.07 Å². The monoisotopic (exact) mass is 610 g/mol. The van der Waals surface area contributed by atoms with E-state index in [9.17, 15) is 19.5 Å². The molecular weight excluding hydrogens is 564 g/mol. The summed E-state index contributed by atoms with van der Waals surface area (Å²) in [6.07, 6.45) is 6.49. The normalized spacial score (nSPS) is 45.8. The topological polar surface area (TPSA) is 122 Å². The van der Waals surface area contributed by atoms with Crippen molar-refractivity contribution in [1.29, 1.82) is 0 Å². The number of hydrogen-bond donors (Lipinski definition) is 1. The second-order valence-corrected chi connectivity index (χ2v) is 14.6. The molecule has 3 saturated carbocycles. The number of aliphatic hydroxyl groups is 1. The quantitative estimate of drug-likeness (QED) is 0.202. The van der Waals surface area contributed by atoms with Gasteiger partial charge in [0.15, 0.2) is 0 Å².